The van der Waals surface area contributed by atoms with Gasteiger partial charge in [-0.1, -0.05) is 6.07 Å². The first-order chi connectivity index (χ1) is 7.84. The van der Waals surface area contributed by atoms with Crippen molar-refractivity contribution in [3.8, 4) is 5.82 Å². The largest absolute Gasteiger partial charge is 0.399 e. The second kappa shape index (κ2) is 3.34. The molecule has 2 aromatic heterocycles. The van der Waals surface area contributed by atoms with Gasteiger partial charge in [0.05, 0.1) is 11.0 Å². The van der Waals surface area contributed by atoms with Gasteiger partial charge in [0.25, 0.3) is 0 Å². The lowest BCUT2D eigenvalue weighted by Gasteiger charge is -2.02. The standard InChI is InChI=1S/C12H10N4/c13-9-4-5-11-10(7-9)15-8-16(11)12-3-1-2-6-14-12/h1-8H,13H2. The molecule has 0 aliphatic heterocycles. The molecule has 0 aliphatic rings. The van der Waals surface area contributed by atoms with Crippen molar-refractivity contribution >= 4 is 16.7 Å². The van der Waals surface area contributed by atoms with Crippen LogP contribution in [-0.2, 0) is 0 Å². The van der Waals surface area contributed by atoms with Crippen molar-refractivity contribution < 1.29 is 0 Å². The average molecular weight is 210 g/mol. The minimum atomic E-state index is 0.721. The summed E-state index contributed by atoms with van der Waals surface area (Å²) < 4.78 is 1.94. The van der Waals surface area contributed by atoms with Gasteiger partial charge in [-0.25, -0.2) is 9.97 Å². The quantitative estimate of drug-likeness (QED) is 0.625. The Kier molecular flexibility index (Phi) is 1.86. The number of imidazole rings is 1. The van der Waals surface area contributed by atoms with Crippen LogP contribution in [0.5, 0.6) is 0 Å². The first-order valence-corrected chi connectivity index (χ1v) is 4.98. The Hall–Kier alpha value is -2.36. The third-order valence-electron chi connectivity index (χ3n) is 2.47. The van der Waals surface area contributed by atoms with E-state index >= 15 is 0 Å². The van der Waals surface area contributed by atoms with Gasteiger partial charge in [0.15, 0.2) is 0 Å². The second-order valence-corrected chi connectivity index (χ2v) is 3.55. The third-order valence-corrected chi connectivity index (χ3v) is 2.47. The highest BCUT2D eigenvalue weighted by Crippen LogP contribution is 2.18. The predicted octanol–water partition coefficient (Wildman–Crippen LogP) is 2.00. The monoisotopic (exact) mass is 210 g/mol. The smallest absolute Gasteiger partial charge is 0.138 e. The van der Waals surface area contributed by atoms with Gasteiger partial charge in [-0.3, -0.25) is 4.57 Å². The lowest BCUT2D eigenvalue weighted by atomic mass is 10.3. The van der Waals surface area contributed by atoms with Crippen LogP contribution >= 0.6 is 0 Å². The van der Waals surface area contributed by atoms with Crippen LogP contribution in [0.3, 0.4) is 0 Å². The fourth-order valence-electron chi connectivity index (χ4n) is 1.71. The number of pyridine rings is 1. The SMILES string of the molecule is Nc1ccc2c(c1)ncn2-c1ccccn1. The highest BCUT2D eigenvalue weighted by atomic mass is 15.1. The van der Waals surface area contributed by atoms with E-state index in [9.17, 15) is 0 Å². The van der Waals surface area contributed by atoms with Crippen molar-refractivity contribution in [2.45, 2.75) is 0 Å². The number of hydrogen-bond acceptors (Lipinski definition) is 3. The lowest BCUT2D eigenvalue weighted by Crippen LogP contribution is -1.94. The van der Waals surface area contributed by atoms with E-state index in [-0.39, 0.29) is 0 Å². The van der Waals surface area contributed by atoms with Gasteiger partial charge in [-0.05, 0) is 30.3 Å². The topological polar surface area (TPSA) is 56.7 Å². The number of fused-ring (bicyclic) bond motifs is 1. The zero-order valence-corrected chi connectivity index (χ0v) is 8.54. The molecule has 78 valence electrons. The number of anilines is 1. The Morgan fingerprint density at radius 1 is 1.06 bits per heavy atom. The van der Waals surface area contributed by atoms with Crippen molar-refractivity contribution in [1.29, 1.82) is 0 Å². The molecular weight excluding hydrogens is 200 g/mol. The summed E-state index contributed by atoms with van der Waals surface area (Å²) in [5, 5.41) is 0. The molecule has 0 atom stereocenters. The fourth-order valence-corrected chi connectivity index (χ4v) is 1.71. The zero-order chi connectivity index (χ0) is 11.0. The van der Waals surface area contributed by atoms with E-state index in [4.69, 9.17) is 5.73 Å². The number of nitrogens with two attached hydrogens (primary N) is 1. The fraction of sp³-hybridized carbons (Fsp3) is 0. The first-order valence-electron chi connectivity index (χ1n) is 4.98. The minimum Gasteiger partial charge on any atom is -0.399 e. The van der Waals surface area contributed by atoms with Gasteiger partial charge in [0.2, 0.25) is 0 Å². The Bertz CT molecular complexity index is 628. The van der Waals surface area contributed by atoms with Crippen LogP contribution < -0.4 is 5.73 Å². The first kappa shape index (κ1) is 8.91. The van der Waals surface area contributed by atoms with Crippen molar-refractivity contribution in [3.05, 3.63) is 48.9 Å². The van der Waals surface area contributed by atoms with E-state index in [0.29, 0.717) is 0 Å². The maximum atomic E-state index is 5.71. The molecule has 4 heteroatoms. The van der Waals surface area contributed by atoms with Gasteiger partial charge >= 0.3 is 0 Å². The van der Waals surface area contributed by atoms with Gasteiger partial charge in [0, 0.05) is 11.9 Å². The lowest BCUT2D eigenvalue weighted by molar-refractivity contribution is 1.02. The molecule has 4 nitrogen and oxygen atoms in total. The maximum Gasteiger partial charge on any atom is 0.138 e. The summed E-state index contributed by atoms with van der Waals surface area (Å²) in [7, 11) is 0. The predicted molar refractivity (Wildman–Crippen MR) is 63.3 cm³/mol. The Morgan fingerprint density at radius 3 is 2.81 bits per heavy atom. The van der Waals surface area contributed by atoms with Crippen LogP contribution in [0.15, 0.2) is 48.9 Å². The summed E-state index contributed by atoms with van der Waals surface area (Å²) >= 11 is 0. The van der Waals surface area contributed by atoms with Gasteiger partial charge in [0.1, 0.15) is 12.1 Å². The van der Waals surface area contributed by atoms with Crippen LogP contribution in [0.2, 0.25) is 0 Å². The van der Waals surface area contributed by atoms with Crippen LogP contribution in [0, 0.1) is 0 Å². The Labute approximate surface area is 92.4 Å². The van der Waals surface area contributed by atoms with Crippen molar-refractivity contribution in [2.75, 3.05) is 5.73 Å². The van der Waals surface area contributed by atoms with Crippen molar-refractivity contribution in [3.63, 3.8) is 0 Å². The molecule has 0 fully saturated rings. The molecule has 2 N–H and O–H groups in total. The minimum absolute atomic E-state index is 0.721. The van der Waals surface area contributed by atoms with E-state index in [0.717, 1.165) is 22.5 Å². The summed E-state index contributed by atoms with van der Waals surface area (Å²) in [5.74, 6) is 0.856. The molecule has 3 rings (SSSR count). The molecule has 3 aromatic rings. The molecule has 0 unspecified atom stereocenters. The molecule has 0 amide bonds. The average Bonchev–Trinajstić information content (AvgIpc) is 2.73. The number of nitrogens with zero attached hydrogens (tertiary/aromatic N) is 3. The summed E-state index contributed by atoms with van der Waals surface area (Å²) in [4.78, 5) is 8.58. The number of aromatic nitrogens is 3. The van der Waals surface area contributed by atoms with E-state index in [1.807, 2.05) is 41.0 Å². The van der Waals surface area contributed by atoms with Crippen molar-refractivity contribution in [2.24, 2.45) is 0 Å². The summed E-state index contributed by atoms with van der Waals surface area (Å²) in [6, 6.07) is 11.5. The zero-order valence-electron chi connectivity index (χ0n) is 8.54. The molecule has 0 spiro atoms. The molecule has 0 aliphatic carbocycles. The molecular formula is C12H10N4. The van der Waals surface area contributed by atoms with Crippen LogP contribution in [0.25, 0.3) is 16.9 Å². The highest BCUT2D eigenvalue weighted by molar-refractivity contribution is 5.80. The summed E-state index contributed by atoms with van der Waals surface area (Å²) in [6.45, 7) is 0. The number of benzene rings is 1. The van der Waals surface area contributed by atoms with Gasteiger partial charge < -0.3 is 5.73 Å². The molecule has 0 bridgehead atoms. The normalized spacial score (nSPS) is 10.8. The van der Waals surface area contributed by atoms with E-state index in [1.165, 1.54) is 0 Å². The molecule has 1 aromatic carbocycles. The van der Waals surface area contributed by atoms with Crippen LogP contribution in [-0.4, -0.2) is 14.5 Å². The van der Waals surface area contributed by atoms with E-state index in [2.05, 4.69) is 9.97 Å². The number of rotatable bonds is 1. The number of hydrogen-bond donors (Lipinski definition) is 1. The summed E-state index contributed by atoms with van der Waals surface area (Å²) in [5.41, 5.74) is 8.32. The van der Waals surface area contributed by atoms with Gasteiger partial charge in [-0.2, -0.15) is 0 Å². The van der Waals surface area contributed by atoms with Crippen molar-refractivity contribution in [1.82, 2.24) is 14.5 Å². The molecule has 0 saturated carbocycles. The summed E-state index contributed by atoms with van der Waals surface area (Å²) in [6.07, 6.45) is 3.52. The Morgan fingerprint density at radius 2 is 2.00 bits per heavy atom. The molecule has 16 heavy (non-hydrogen) atoms. The number of nitrogen functional groups attached to an aromatic ring is 1. The second-order valence-electron chi connectivity index (χ2n) is 3.55. The third kappa shape index (κ3) is 1.32. The highest BCUT2D eigenvalue weighted by Gasteiger charge is 2.04. The van der Waals surface area contributed by atoms with Crippen LogP contribution in [0.1, 0.15) is 0 Å². The molecule has 2 heterocycles. The van der Waals surface area contributed by atoms with Gasteiger partial charge in [-0.15, -0.1) is 0 Å². The van der Waals surface area contributed by atoms with Crippen LogP contribution in [0.4, 0.5) is 5.69 Å². The molecule has 0 saturated heterocycles. The Balaban J connectivity index is 2.26. The van der Waals surface area contributed by atoms with E-state index < -0.39 is 0 Å². The van der Waals surface area contributed by atoms with E-state index in [1.54, 1.807) is 12.5 Å². The molecule has 0 radical (unpaired) electrons. The maximum absolute atomic E-state index is 5.71.